The average molecular weight is 217 g/mol. The third kappa shape index (κ3) is 1.65. The maximum atomic E-state index is 11.8. The first-order chi connectivity index (χ1) is 7.59. The highest BCUT2D eigenvalue weighted by Crippen LogP contribution is 2.14. The first-order valence-electron chi connectivity index (χ1n) is 4.72. The summed E-state index contributed by atoms with van der Waals surface area (Å²) in [7, 11) is 0. The summed E-state index contributed by atoms with van der Waals surface area (Å²) in [6.45, 7) is 3.70. The maximum absolute atomic E-state index is 11.8. The van der Waals surface area contributed by atoms with Gasteiger partial charge in [0.25, 0.3) is 5.91 Å². The van der Waals surface area contributed by atoms with Gasteiger partial charge in [0.15, 0.2) is 17.0 Å². The van der Waals surface area contributed by atoms with E-state index in [2.05, 4.69) is 15.0 Å². The van der Waals surface area contributed by atoms with Gasteiger partial charge in [-0.15, -0.1) is 0 Å². The summed E-state index contributed by atoms with van der Waals surface area (Å²) in [5.74, 6) is 0.0781. The summed E-state index contributed by atoms with van der Waals surface area (Å²) in [6.07, 6.45) is 4.22. The van der Waals surface area contributed by atoms with Gasteiger partial charge in [0.1, 0.15) is 12.7 Å². The van der Waals surface area contributed by atoms with Crippen molar-refractivity contribution in [3.63, 3.8) is 0 Å². The fourth-order valence-corrected chi connectivity index (χ4v) is 1.33. The minimum absolute atomic E-state index is 0.194. The van der Waals surface area contributed by atoms with Crippen LogP contribution in [0.2, 0.25) is 0 Å². The highest BCUT2D eigenvalue weighted by molar-refractivity contribution is 5.97. The molecule has 0 amide bonds. The lowest BCUT2D eigenvalue weighted by Gasteiger charge is -1.98. The number of carbonyl (C=O) groups is 1. The molecular weight excluding hydrogens is 206 g/mol. The summed E-state index contributed by atoms with van der Waals surface area (Å²) in [4.78, 5) is 23.6. The first kappa shape index (κ1) is 10.3. The Morgan fingerprint density at radius 3 is 2.81 bits per heavy atom. The molecule has 0 unspecified atom stereocenters. The summed E-state index contributed by atoms with van der Waals surface area (Å²) in [6, 6.07) is 0. The van der Waals surface area contributed by atoms with E-state index < -0.39 is 0 Å². The Balaban J connectivity index is 2.59. The zero-order valence-corrected chi connectivity index (χ0v) is 9.01. The molecule has 0 atom stereocenters. The Labute approximate surface area is 91.8 Å². The molecule has 2 N–H and O–H groups in total. The van der Waals surface area contributed by atoms with Crippen molar-refractivity contribution in [1.82, 2.24) is 19.5 Å². The zero-order chi connectivity index (χ0) is 11.7. The fourth-order valence-electron chi connectivity index (χ4n) is 1.33. The molecule has 82 valence electrons. The third-order valence-electron chi connectivity index (χ3n) is 2.01. The molecule has 2 rings (SSSR count). The van der Waals surface area contributed by atoms with E-state index in [9.17, 15) is 4.79 Å². The topological polar surface area (TPSA) is 86.7 Å². The minimum atomic E-state index is -0.194. The largest absolute Gasteiger partial charge is 0.382 e. The molecule has 2 heterocycles. The van der Waals surface area contributed by atoms with Gasteiger partial charge in [-0.1, -0.05) is 5.57 Å². The number of hydrogen-bond donors (Lipinski definition) is 1. The van der Waals surface area contributed by atoms with Crippen LogP contribution in [0.3, 0.4) is 0 Å². The average Bonchev–Trinajstić information content (AvgIpc) is 2.61. The number of carbonyl (C=O) groups excluding carboxylic acids is 1. The predicted molar refractivity (Wildman–Crippen MR) is 59.8 cm³/mol. The van der Waals surface area contributed by atoms with Gasteiger partial charge in [-0.05, 0) is 13.8 Å². The van der Waals surface area contributed by atoms with Gasteiger partial charge in [-0.3, -0.25) is 4.79 Å². The monoisotopic (exact) mass is 217 g/mol. The van der Waals surface area contributed by atoms with Gasteiger partial charge < -0.3 is 5.73 Å². The number of nitrogens with two attached hydrogens (primary N) is 1. The van der Waals surface area contributed by atoms with Crippen molar-refractivity contribution >= 4 is 22.9 Å². The van der Waals surface area contributed by atoms with Crippen molar-refractivity contribution in [3.8, 4) is 0 Å². The van der Waals surface area contributed by atoms with Crippen LogP contribution in [-0.4, -0.2) is 25.4 Å². The second-order valence-electron chi connectivity index (χ2n) is 3.61. The second-order valence-corrected chi connectivity index (χ2v) is 3.61. The molecule has 2 aromatic rings. The van der Waals surface area contributed by atoms with Gasteiger partial charge in [-0.25, -0.2) is 19.5 Å². The smallest absolute Gasteiger partial charge is 0.257 e. The van der Waals surface area contributed by atoms with E-state index in [1.54, 1.807) is 0 Å². The van der Waals surface area contributed by atoms with E-state index in [1.165, 1.54) is 23.3 Å². The summed E-state index contributed by atoms with van der Waals surface area (Å²) < 4.78 is 1.35. The number of fused-ring (bicyclic) bond motifs is 1. The van der Waals surface area contributed by atoms with Crippen molar-refractivity contribution in [2.24, 2.45) is 0 Å². The predicted octanol–water partition coefficient (Wildman–Crippen LogP) is 1.01. The van der Waals surface area contributed by atoms with E-state index >= 15 is 0 Å². The standard InChI is InChI=1S/C10H11N5O/c1-6(2)3-7(16)15-5-14-8-9(11)12-4-13-10(8)15/h3-5H,1-2H3,(H2,11,12,13). The molecule has 0 radical (unpaired) electrons. The molecule has 0 aliphatic carbocycles. The van der Waals surface area contributed by atoms with Crippen molar-refractivity contribution < 1.29 is 4.79 Å². The summed E-state index contributed by atoms with van der Waals surface area (Å²) in [5.41, 5.74) is 7.40. The number of rotatable bonds is 1. The second kappa shape index (κ2) is 3.73. The SMILES string of the molecule is CC(C)=CC(=O)n1cnc2c(N)ncnc21. The molecule has 0 saturated carbocycles. The van der Waals surface area contributed by atoms with Crippen LogP contribution in [-0.2, 0) is 0 Å². The molecule has 0 aliphatic heterocycles. The Hall–Kier alpha value is -2.24. The van der Waals surface area contributed by atoms with Crippen molar-refractivity contribution in [2.45, 2.75) is 13.8 Å². The van der Waals surface area contributed by atoms with Gasteiger partial charge >= 0.3 is 0 Å². The van der Waals surface area contributed by atoms with E-state index in [-0.39, 0.29) is 11.7 Å². The van der Waals surface area contributed by atoms with Crippen LogP contribution in [0.5, 0.6) is 0 Å². The maximum Gasteiger partial charge on any atom is 0.257 e. The van der Waals surface area contributed by atoms with Crippen molar-refractivity contribution in [2.75, 3.05) is 5.73 Å². The Kier molecular flexibility index (Phi) is 2.40. The van der Waals surface area contributed by atoms with Crippen molar-refractivity contribution in [1.29, 1.82) is 0 Å². The quantitative estimate of drug-likeness (QED) is 0.720. The van der Waals surface area contributed by atoms with Crippen molar-refractivity contribution in [3.05, 3.63) is 24.3 Å². The minimum Gasteiger partial charge on any atom is -0.382 e. The Morgan fingerprint density at radius 2 is 2.12 bits per heavy atom. The van der Waals surface area contributed by atoms with Crippen LogP contribution in [0.4, 0.5) is 5.82 Å². The highest BCUT2D eigenvalue weighted by Gasteiger charge is 2.11. The van der Waals surface area contributed by atoms with E-state index in [0.29, 0.717) is 11.2 Å². The number of nitrogen functional groups attached to an aromatic ring is 1. The molecule has 16 heavy (non-hydrogen) atoms. The lowest BCUT2D eigenvalue weighted by molar-refractivity contribution is 0.0972. The van der Waals surface area contributed by atoms with Gasteiger partial charge in [0.05, 0.1) is 0 Å². The molecule has 0 bridgehead atoms. The number of aromatic nitrogens is 4. The first-order valence-corrected chi connectivity index (χ1v) is 4.72. The fraction of sp³-hybridized carbons (Fsp3) is 0.200. The van der Waals surface area contributed by atoms with Gasteiger partial charge in [-0.2, -0.15) is 0 Å². The number of allylic oxidation sites excluding steroid dienone is 2. The normalized spacial score (nSPS) is 10.4. The van der Waals surface area contributed by atoms with E-state index in [4.69, 9.17) is 5.73 Å². The number of anilines is 1. The lowest BCUT2D eigenvalue weighted by atomic mass is 10.3. The summed E-state index contributed by atoms with van der Waals surface area (Å²) >= 11 is 0. The highest BCUT2D eigenvalue weighted by atomic mass is 16.2. The van der Waals surface area contributed by atoms with E-state index in [0.717, 1.165) is 5.57 Å². The zero-order valence-electron chi connectivity index (χ0n) is 9.01. The van der Waals surface area contributed by atoms with Crippen LogP contribution < -0.4 is 5.73 Å². The van der Waals surface area contributed by atoms with Crippen LogP contribution in [0.1, 0.15) is 18.6 Å². The van der Waals surface area contributed by atoms with E-state index in [1.807, 2.05) is 13.8 Å². The Morgan fingerprint density at radius 1 is 1.38 bits per heavy atom. The van der Waals surface area contributed by atoms with Crippen LogP contribution in [0.25, 0.3) is 11.2 Å². The van der Waals surface area contributed by atoms with Crippen LogP contribution in [0.15, 0.2) is 24.3 Å². The molecular formula is C10H11N5O. The molecule has 0 saturated heterocycles. The number of hydrogen-bond acceptors (Lipinski definition) is 5. The number of nitrogens with zero attached hydrogens (tertiary/aromatic N) is 4. The Bertz CT molecular complexity index is 580. The lowest BCUT2D eigenvalue weighted by Crippen LogP contribution is -2.07. The molecule has 2 aromatic heterocycles. The van der Waals surface area contributed by atoms with Gasteiger partial charge in [0, 0.05) is 6.08 Å². The van der Waals surface area contributed by atoms with Gasteiger partial charge in [0.2, 0.25) is 0 Å². The summed E-state index contributed by atoms with van der Waals surface area (Å²) in [5, 5.41) is 0. The molecule has 0 spiro atoms. The molecule has 6 nitrogen and oxygen atoms in total. The molecule has 0 aliphatic rings. The van der Waals surface area contributed by atoms with Crippen LogP contribution >= 0.6 is 0 Å². The molecule has 0 aromatic carbocycles. The van der Waals surface area contributed by atoms with Crippen LogP contribution in [0, 0.1) is 0 Å². The molecule has 6 heteroatoms. The molecule has 0 fully saturated rings. The third-order valence-corrected chi connectivity index (χ3v) is 2.01. The number of imidazole rings is 1.